The van der Waals surface area contributed by atoms with Crippen LogP contribution in [-0.4, -0.2) is 27.8 Å². The van der Waals surface area contributed by atoms with E-state index in [1.165, 1.54) is 12.3 Å². The molecular formula is C12H16N4O3. The van der Waals surface area contributed by atoms with Gasteiger partial charge in [-0.25, -0.2) is 0 Å². The Balaban J connectivity index is 2.10. The van der Waals surface area contributed by atoms with Crippen molar-refractivity contribution in [3.8, 4) is 11.5 Å². The van der Waals surface area contributed by atoms with Crippen LogP contribution in [0.15, 0.2) is 27.6 Å². The quantitative estimate of drug-likeness (QED) is 0.829. The van der Waals surface area contributed by atoms with Crippen LogP contribution in [0.4, 0.5) is 0 Å². The lowest BCUT2D eigenvalue weighted by Gasteiger charge is -2.10. The van der Waals surface area contributed by atoms with Gasteiger partial charge in [-0.05, 0) is 19.9 Å². The Bertz CT molecular complexity index is 570. The van der Waals surface area contributed by atoms with Crippen LogP contribution in [0, 0.1) is 0 Å². The highest BCUT2D eigenvalue weighted by Crippen LogP contribution is 2.17. The Morgan fingerprint density at radius 1 is 1.47 bits per heavy atom. The van der Waals surface area contributed by atoms with Gasteiger partial charge in [-0.2, -0.15) is 4.98 Å². The van der Waals surface area contributed by atoms with Crippen molar-refractivity contribution in [2.24, 2.45) is 5.73 Å². The Hall–Kier alpha value is -1.99. The number of hydrogen-bond acceptors (Lipinski definition) is 6. The van der Waals surface area contributed by atoms with Crippen molar-refractivity contribution < 1.29 is 9.26 Å². The molecule has 0 aliphatic carbocycles. The average Bonchev–Trinajstić information content (AvgIpc) is 2.86. The summed E-state index contributed by atoms with van der Waals surface area (Å²) in [5.41, 5.74) is 6.34. The zero-order valence-electron chi connectivity index (χ0n) is 10.8. The molecule has 0 saturated heterocycles. The highest BCUT2D eigenvalue weighted by Gasteiger charge is 2.16. The fraction of sp³-hybridized carbons (Fsp3) is 0.417. The van der Waals surface area contributed by atoms with Gasteiger partial charge in [0, 0.05) is 12.3 Å². The maximum absolute atomic E-state index is 11.0. The van der Waals surface area contributed by atoms with Gasteiger partial charge in [-0.15, -0.1) is 0 Å². The van der Waals surface area contributed by atoms with E-state index in [9.17, 15) is 4.79 Å². The molecule has 0 aliphatic heterocycles. The second-order valence-electron chi connectivity index (χ2n) is 4.39. The molecule has 0 saturated carbocycles. The molecule has 2 rings (SSSR count). The fourth-order valence-corrected chi connectivity index (χ4v) is 1.42. The van der Waals surface area contributed by atoms with Crippen LogP contribution in [0.3, 0.4) is 0 Å². The lowest BCUT2D eigenvalue weighted by Crippen LogP contribution is -2.20. The summed E-state index contributed by atoms with van der Waals surface area (Å²) in [7, 11) is 0. The topological polar surface area (TPSA) is 107 Å². The summed E-state index contributed by atoms with van der Waals surface area (Å²) in [6.07, 6.45) is 1.60. The van der Waals surface area contributed by atoms with E-state index in [1.807, 2.05) is 13.8 Å². The van der Waals surface area contributed by atoms with E-state index in [-0.39, 0.29) is 11.7 Å². The Labute approximate surface area is 109 Å². The van der Waals surface area contributed by atoms with Crippen LogP contribution in [0.1, 0.15) is 25.7 Å². The lowest BCUT2D eigenvalue weighted by molar-refractivity contribution is 0.0665. The monoisotopic (exact) mass is 264 g/mol. The number of aromatic amines is 1. The molecule has 2 aromatic heterocycles. The molecule has 0 bridgehead atoms. The van der Waals surface area contributed by atoms with Crippen molar-refractivity contribution in [2.45, 2.75) is 26.0 Å². The molecular weight excluding hydrogens is 248 g/mol. The first-order valence-corrected chi connectivity index (χ1v) is 5.96. The van der Waals surface area contributed by atoms with Gasteiger partial charge in [0.25, 0.3) is 5.89 Å². The van der Waals surface area contributed by atoms with Gasteiger partial charge in [-0.3, -0.25) is 4.79 Å². The number of aromatic nitrogens is 3. The van der Waals surface area contributed by atoms with Crippen molar-refractivity contribution in [3.05, 3.63) is 34.5 Å². The largest absolute Gasteiger partial charge is 0.377 e. The average molecular weight is 264 g/mol. The van der Waals surface area contributed by atoms with Gasteiger partial charge in [0.15, 0.2) is 5.82 Å². The van der Waals surface area contributed by atoms with Crippen molar-refractivity contribution >= 4 is 0 Å². The van der Waals surface area contributed by atoms with Crippen LogP contribution in [0.2, 0.25) is 0 Å². The first-order valence-electron chi connectivity index (χ1n) is 5.96. The fourth-order valence-electron chi connectivity index (χ4n) is 1.42. The van der Waals surface area contributed by atoms with E-state index in [4.69, 9.17) is 15.0 Å². The first kappa shape index (κ1) is 13.4. The molecule has 1 atom stereocenters. The molecule has 2 aromatic rings. The number of pyridine rings is 1. The van der Waals surface area contributed by atoms with Crippen LogP contribution >= 0.6 is 0 Å². The predicted octanol–water partition coefficient (Wildman–Crippen LogP) is 0.850. The number of nitrogens with zero attached hydrogens (tertiary/aromatic N) is 2. The highest BCUT2D eigenvalue weighted by molar-refractivity contribution is 5.50. The summed E-state index contributed by atoms with van der Waals surface area (Å²) >= 11 is 0. The minimum absolute atomic E-state index is 0.0941. The van der Waals surface area contributed by atoms with Crippen molar-refractivity contribution in [1.29, 1.82) is 0 Å². The summed E-state index contributed by atoms with van der Waals surface area (Å²) in [6, 6.07) is 2.55. The molecule has 3 N–H and O–H groups in total. The third-order valence-electron chi connectivity index (χ3n) is 2.41. The van der Waals surface area contributed by atoms with E-state index in [0.29, 0.717) is 23.9 Å². The Kier molecular flexibility index (Phi) is 4.08. The first-order chi connectivity index (χ1) is 9.06. The normalized spacial score (nSPS) is 12.8. The molecule has 0 aliphatic rings. The minimum Gasteiger partial charge on any atom is -0.377 e. The Morgan fingerprint density at radius 2 is 2.26 bits per heavy atom. The molecule has 0 aromatic carbocycles. The third kappa shape index (κ3) is 3.49. The maximum atomic E-state index is 11.0. The molecule has 0 amide bonds. The summed E-state index contributed by atoms with van der Waals surface area (Å²) in [6.45, 7) is 4.17. The van der Waals surface area contributed by atoms with Crippen molar-refractivity contribution in [3.63, 3.8) is 0 Å². The van der Waals surface area contributed by atoms with Gasteiger partial charge < -0.3 is 20.0 Å². The summed E-state index contributed by atoms with van der Waals surface area (Å²) in [5, 5.41) is 3.81. The van der Waals surface area contributed by atoms with Crippen LogP contribution in [-0.2, 0) is 4.74 Å². The van der Waals surface area contributed by atoms with E-state index in [1.54, 1.807) is 6.07 Å². The molecule has 7 heteroatoms. The van der Waals surface area contributed by atoms with E-state index in [0.717, 1.165) is 0 Å². The zero-order chi connectivity index (χ0) is 13.8. The number of ether oxygens (including phenoxy) is 1. The molecule has 2 heterocycles. The van der Waals surface area contributed by atoms with Gasteiger partial charge in [0.05, 0.1) is 24.3 Å². The third-order valence-corrected chi connectivity index (χ3v) is 2.41. The lowest BCUT2D eigenvalue weighted by atomic mass is 10.3. The minimum atomic E-state index is -0.442. The van der Waals surface area contributed by atoms with E-state index >= 15 is 0 Å². The van der Waals surface area contributed by atoms with Crippen molar-refractivity contribution in [1.82, 2.24) is 15.1 Å². The number of nitrogens with two attached hydrogens (primary N) is 1. The van der Waals surface area contributed by atoms with Gasteiger partial charge in [0.2, 0.25) is 5.56 Å². The van der Waals surface area contributed by atoms with Gasteiger partial charge >= 0.3 is 0 Å². The number of rotatable bonds is 5. The molecule has 1 unspecified atom stereocenters. The number of nitrogens with one attached hydrogen (secondary N) is 1. The number of hydrogen-bond donors (Lipinski definition) is 2. The van der Waals surface area contributed by atoms with Crippen molar-refractivity contribution in [2.75, 3.05) is 6.61 Å². The molecule has 0 fully saturated rings. The van der Waals surface area contributed by atoms with Crippen LogP contribution in [0.25, 0.3) is 11.5 Å². The van der Waals surface area contributed by atoms with E-state index in [2.05, 4.69) is 15.1 Å². The molecule has 0 radical (unpaired) electrons. The molecule has 0 spiro atoms. The second-order valence-corrected chi connectivity index (χ2v) is 4.39. The van der Waals surface area contributed by atoms with Crippen LogP contribution in [0.5, 0.6) is 0 Å². The molecule has 102 valence electrons. The highest BCUT2D eigenvalue weighted by atomic mass is 16.5. The summed E-state index contributed by atoms with van der Waals surface area (Å²) in [4.78, 5) is 17.7. The molecule has 19 heavy (non-hydrogen) atoms. The summed E-state index contributed by atoms with van der Waals surface area (Å²) < 4.78 is 10.5. The van der Waals surface area contributed by atoms with Gasteiger partial charge in [0.1, 0.15) is 0 Å². The smallest absolute Gasteiger partial charge is 0.259 e. The predicted molar refractivity (Wildman–Crippen MR) is 68.4 cm³/mol. The number of H-pyrrole nitrogens is 1. The van der Waals surface area contributed by atoms with Gasteiger partial charge in [-0.1, -0.05) is 5.16 Å². The summed E-state index contributed by atoms with van der Waals surface area (Å²) in [5.74, 6) is 0.688. The van der Waals surface area contributed by atoms with E-state index < -0.39 is 6.04 Å². The second kappa shape index (κ2) is 5.77. The maximum Gasteiger partial charge on any atom is 0.259 e. The Morgan fingerprint density at radius 3 is 2.89 bits per heavy atom. The molecule has 7 nitrogen and oxygen atoms in total. The SMILES string of the molecule is CC(C)OCC(N)c1noc(-c2ccc(=O)[nH]c2)n1. The van der Waals surface area contributed by atoms with Crippen LogP contribution < -0.4 is 11.3 Å². The standard InChI is InChI=1S/C12H16N4O3/c1-7(2)18-6-9(13)11-15-12(19-16-11)8-3-4-10(17)14-5-8/h3-5,7,9H,6,13H2,1-2H3,(H,14,17). The zero-order valence-corrected chi connectivity index (χ0v) is 10.8.